The normalized spacial score (nSPS) is 17.8. The molecule has 1 aliphatic rings. The molecule has 126 valence electrons. The van der Waals surface area contributed by atoms with Gasteiger partial charge in [-0.2, -0.15) is 0 Å². The van der Waals surface area contributed by atoms with Gasteiger partial charge in [0, 0.05) is 29.4 Å². The second-order valence-corrected chi connectivity index (χ2v) is 8.24. The molecular weight excluding hydrogens is 336 g/mol. The number of amides is 1. The molecule has 1 saturated heterocycles. The Morgan fingerprint density at radius 3 is 2.71 bits per heavy atom. The molecule has 0 spiro atoms. The van der Waals surface area contributed by atoms with Crippen LogP contribution in [0.1, 0.15) is 24.8 Å². The number of rotatable bonds is 5. The highest BCUT2D eigenvalue weighted by Gasteiger charge is 2.34. The first-order valence-electron chi connectivity index (χ1n) is 8.09. The van der Waals surface area contributed by atoms with Crippen LogP contribution in [0.25, 0.3) is 11.1 Å². The van der Waals surface area contributed by atoms with Crippen LogP contribution in [0.2, 0.25) is 0 Å². The topological polar surface area (TPSA) is 33.2 Å². The Morgan fingerprint density at radius 1 is 1.29 bits per heavy atom. The zero-order valence-electron chi connectivity index (χ0n) is 14.2. The monoisotopic (exact) mass is 358 g/mol. The van der Waals surface area contributed by atoms with Crippen molar-refractivity contribution < 1.29 is 4.79 Å². The number of benzene rings is 1. The average molecular weight is 359 g/mol. The summed E-state index contributed by atoms with van der Waals surface area (Å²) < 4.78 is 0. The molecular formula is C19H22N2OS2. The van der Waals surface area contributed by atoms with Crippen molar-refractivity contribution >= 4 is 29.4 Å². The lowest BCUT2D eigenvalue weighted by molar-refractivity contribution is -0.128. The van der Waals surface area contributed by atoms with E-state index in [0.29, 0.717) is 11.7 Å². The van der Waals surface area contributed by atoms with Crippen LogP contribution in [0.3, 0.4) is 0 Å². The van der Waals surface area contributed by atoms with Crippen LogP contribution in [0.15, 0.2) is 47.6 Å². The summed E-state index contributed by atoms with van der Waals surface area (Å²) in [5.74, 6) is 1.24. The Labute approximate surface area is 152 Å². The van der Waals surface area contributed by atoms with Crippen molar-refractivity contribution in [3.8, 4) is 11.1 Å². The summed E-state index contributed by atoms with van der Waals surface area (Å²) in [4.78, 5) is 19.9. The molecule has 1 unspecified atom stereocenters. The Morgan fingerprint density at radius 2 is 2.04 bits per heavy atom. The fourth-order valence-corrected chi connectivity index (χ4v) is 4.56. The predicted molar refractivity (Wildman–Crippen MR) is 103 cm³/mol. The van der Waals surface area contributed by atoms with Crippen LogP contribution in [-0.4, -0.2) is 34.3 Å². The zero-order chi connectivity index (χ0) is 17.1. The van der Waals surface area contributed by atoms with Crippen molar-refractivity contribution in [2.45, 2.75) is 24.1 Å². The van der Waals surface area contributed by atoms with Crippen molar-refractivity contribution in [2.24, 2.45) is 5.92 Å². The number of nitrogens with zero attached hydrogens (tertiary/aromatic N) is 2. The van der Waals surface area contributed by atoms with E-state index < -0.39 is 0 Å². The number of hydrogen-bond acceptors (Lipinski definition) is 4. The van der Waals surface area contributed by atoms with Crippen LogP contribution < -0.4 is 0 Å². The molecule has 0 aliphatic carbocycles. The summed E-state index contributed by atoms with van der Waals surface area (Å²) in [5, 5.41) is 0.0591. The molecule has 0 radical (unpaired) electrons. The van der Waals surface area contributed by atoms with E-state index in [0.717, 1.165) is 12.1 Å². The van der Waals surface area contributed by atoms with Crippen LogP contribution in [0.5, 0.6) is 0 Å². The highest BCUT2D eigenvalue weighted by atomic mass is 32.2. The number of aromatic nitrogens is 1. The van der Waals surface area contributed by atoms with Gasteiger partial charge in [0.25, 0.3) is 0 Å². The number of pyridine rings is 1. The summed E-state index contributed by atoms with van der Waals surface area (Å²) in [6.07, 6.45) is 5.83. The number of hydrogen-bond donors (Lipinski definition) is 0. The highest BCUT2D eigenvalue weighted by molar-refractivity contribution is 8.00. The second-order valence-electron chi connectivity index (χ2n) is 6.29. The molecule has 1 amide bonds. The van der Waals surface area contributed by atoms with E-state index in [1.165, 1.54) is 16.0 Å². The van der Waals surface area contributed by atoms with E-state index in [1.807, 2.05) is 17.3 Å². The maximum absolute atomic E-state index is 12.3. The quantitative estimate of drug-likeness (QED) is 0.725. The lowest BCUT2D eigenvalue weighted by atomic mass is 10.0. The number of thioether (sulfide) groups is 2. The van der Waals surface area contributed by atoms with Gasteiger partial charge < -0.3 is 4.90 Å². The van der Waals surface area contributed by atoms with Crippen LogP contribution in [0.4, 0.5) is 0 Å². The third kappa shape index (κ3) is 3.62. The van der Waals surface area contributed by atoms with Gasteiger partial charge in [0.05, 0.1) is 5.75 Å². The molecule has 3 nitrogen and oxygen atoms in total. The summed E-state index contributed by atoms with van der Waals surface area (Å²) >= 11 is 3.44. The first-order valence-corrected chi connectivity index (χ1v) is 10.4. The Balaban J connectivity index is 1.97. The minimum absolute atomic E-state index is 0.0591. The fourth-order valence-electron chi connectivity index (χ4n) is 2.94. The zero-order valence-corrected chi connectivity index (χ0v) is 15.9. The molecule has 2 heterocycles. The molecule has 24 heavy (non-hydrogen) atoms. The van der Waals surface area contributed by atoms with Crippen molar-refractivity contribution in [1.82, 2.24) is 9.88 Å². The minimum atomic E-state index is 0.0591. The molecule has 1 aromatic heterocycles. The Bertz CT molecular complexity index is 716. The van der Waals surface area contributed by atoms with Crippen molar-refractivity contribution in [1.29, 1.82) is 0 Å². The van der Waals surface area contributed by atoms with E-state index in [1.54, 1.807) is 23.5 Å². The van der Waals surface area contributed by atoms with Gasteiger partial charge >= 0.3 is 0 Å². The number of carbonyl (C=O) groups is 1. The lowest BCUT2D eigenvalue weighted by Crippen LogP contribution is -2.31. The van der Waals surface area contributed by atoms with Gasteiger partial charge in [0.2, 0.25) is 5.91 Å². The number of carbonyl (C=O) groups excluding carboxylic acids is 1. The Kier molecular flexibility index (Phi) is 5.51. The molecule has 0 saturated carbocycles. The van der Waals surface area contributed by atoms with E-state index in [2.05, 4.69) is 55.4 Å². The SMILES string of the molecule is CSc1ccc(-c2ccncc2C2SCC(=O)N2CC(C)C)cc1. The third-order valence-corrected chi connectivity index (χ3v) is 6.03. The first-order chi connectivity index (χ1) is 11.6. The van der Waals surface area contributed by atoms with Crippen molar-refractivity contribution in [2.75, 3.05) is 18.6 Å². The van der Waals surface area contributed by atoms with Gasteiger partial charge in [-0.25, -0.2) is 0 Å². The third-order valence-electron chi connectivity index (χ3n) is 4.05. The molecule has 2 aromatic rings. The van der Waals surface area contributed by atoms with Gasteiger partial charge in [-0.05, 0) is 41.5 Å². The largest absolute Gasteiger partial charge is 0.325 e. The standard InChI is InChI=1S/C19H22N2OS2/c1-13(2)11-21-18(22)12-24-19(21)17-10-20-9-8-16(17)14-4-6-15(23-3)7-5-14/h4-10,13,19H,11-12H2,1-3H3. The van der Waals surface area contributed by atoms with Crippen LogP contribution in [0, 0.1) is 5.92 Å². The molecule has 1 fully saturated rings. The van der Waals surface area contributed by atoms with E-state index in [9.17, 15) is 4.79 Å². The molecule has 1 aliphatic heterocycles. The van der Waals surface area contributed by atoms with Gasteiger partial charge in [-0.3, -0.25) is 9.78 Å². The minimum Gasteiger partial charge on any atom is -0.325 e. The van der Waals surface area contributed by atoms with E-state index >= 15 is 0 Å². The molecule has 0 N–H and O–H groups in total. The van der Waals surface area contributed by atoms with Gasteiger partial charge in [0.15, 0.2) is 0 Å². The molecule has 0 bridgehead atoms. The van der Waals surface area contributed by atoms with Gasteiger partial charge in [0.1, 0.15) is 5.37 Å². The molecule has 1 atom stereocenters. The maximum atomic E-state index is 12.3. The van der Waals surface area contributed by atoms with Crippen molar-refractivity contribution in [3.05, 3.63) is 48.3 Å². The average Bonchev–Trinajstić information content (AvgIpc) is 2.95. The van der Waals surface area contributed by atoms with Crippen LogP contribution in [-0.2, 0) is 4.79 Å². The van der Waals surface area contributed by atoms with Crippen molar-refractivity contribution in [3.63, 3.8) is 0 Å². The predicted octanol–water partition coefficient (Wildman–Crippen LogP) is 4.70. The smallest absolute Gasteiger partial charge is 0.233 e. The van der Waals surface area contributed by atoms with Gasteiger partial charge in [-0.1, -0.05) is 26.0 Å². The maximum Gasteiger partial charge on any atom is 0.233 e. The second kappa shape index (κ2) is 7.62. The van der Waals surface area contributed by atoms with Gasteiger partial charge in [-0.15, -0.1) is 23.5 Å². The fraction of sp³-hybridized carbons (Fsp3) is 0.368. The first kappa shape index (κ1) is 17.4. The summed E-state index contributed by atoms with van der Waals surface area (Å²) in [6, 6.07) is 10.6. The van der Waals surface area contributed by atoms with E-state index in [4.69, 9.17) is 0 Å². The summed E-state index contributed by atoms with van der Waals surface area (Å²) in [7, 11) is 0. The van der Waals surface area contributed by atoms with E-state index in [-0.39, 0.29) is 11.3 Å². The molecule has 5 heteroatoms. The van der Waals surface area contributed by atoms with Crippen LogP contribution >= 0.6 is 23.5 Å². The Hall–Kier alpha value is -1.46. The summed E-state index contributed by atoms with van der Waals surface area (Å²) in [5.41, 5.74) is 3.47. The molecule has 1 aromatic carbocycles. The highest BCUT2D eigenvalue weighted by Crippen LogP contribution is 2.42. The summed E-state index contributed by atoms with van der Waals surface area (Å²) in [6.45, 7) is 5.09. The lowest BCUT2D eigenvalue weighted by Gasteiger charge is -2.27. The molecule has 3 rings (SSSR count).